The van der Waals surface area contributed by atoms with Gasteiger partial charge in [0.05, 0.1) is 11.3 Å². The summed E-state index contributed by atoms with van der Waals surface area (Å²) < 4.78 is 34.8. The van der Waals surface area contributed by atoms with Crippen molar-refractivity contribution < 1.29 is 22.7 Å². The summed E-state index contributed by atoms with van der Waals surface area (Å²) in [5, 5.41) is 2.81. The van der Waals surface area contributed by atoms with Gasteiger partial charge >= 0.3 is 5.97 Å². The number of nitrogens with one attached hydrogen (secondary N) is 1. The molecule has 3 aliphatic rings. The molecule has 0 radical (unpaired) electrons. The van der Waals surface area contributed by atoms with Gasteiger partial charge in [0.1, 0.15) is 10.7 Å². The highest BCUT2D eigenvalue weighted by molar-refractivity contribution is 7.90. The minimum absolute atomic E-state index is 0.000427. The third-order valence-corrected chi connectivity index (χ3v) is 7.70. The summed E-state index contributed by atoms with van der Waals surface area (Å²) >= 11 is 0. The Balaban J connectivity index is 1.40. The monoisotopic (exact) mass is 473 g/mol. The molecule has 0 aromatic heterocycles. The van der Waals surface area contributed by atoms with Gasteiger partial charge in [0.2, 0.25) is 0 Å². The number of hydrogen-bond acceptors (Lipinski definition) is 6. The zero-order valence-electron chi connectivity index (χ0n) is 19.0. The molecule has 1 N–H and O–H groups in total. The highest BCUT2D eigenvalue weighted by Crippen LogP contribution is 2.35. The van der Waals surface area contributed by atoms with E-state index in [-0.39, 0.29) is 16.4 Å². The van der Waals surface area contributed by atoms with Crippen molar-refractivity contribution in [2.75, 3.05) is 18.0 Å². The van der Waals surface area contributed by atoms with Gasteiger partial charge in [-0.3, -0.25) is 4.79 Å². The molecule has 178 valence electrons. The molecule has 1 atom stereocenters. The van der Waals surface area contributed by atoms with E-state index in [1.54, 1.807) is 12.1 Å². The van der Waals surface area contributed by atoms with Crippen molar-refractivity contribution in [3.05, 3.63) is 35.4 Å². The summed E-state index contributed by atoms with van der Waals surface area (Å²) in [7, 11) is -3.90. The van der Waals surface area contributed by atoms with Crippen molar-refractivity contribution in [2.24, 2.45) is 4.40 Å². The first-order valence-corrected chi connectivity index (χ1v) is 13.2. The molecule has 1 fully saturated rings. The lowest BCUT2D eigenvalue weighted by Gasteiger charge is -2.29. The van der Waals surface area contributed by atoms with E-state index < -0.39 is 22.1 Å². The fourth-order valence-electron chi connectivity index (χ4n) is 4.51. The second-order valence-corrected chi connectivity index (χ2v) is 10.4. The average Bonchev–Trinajstić information content (AvgIpc) is 3.04. The second kappa shape index (κ2) is 10.1. The molecule has 0 spiro atoms. The maximum absolute atomic E-state index is 12.8. The number of nitrogens with zero attached hydrogens (tertiary/aromatic N) is 2. The number of amides is 1. The van der Waals surface area contributed by atoms with Gasteiger partial charge in [-0.15, -0.1) is 4.40 Å². The Morgan fingerprint density at radius 2 is 1.97 bits per heavy atom. The van der Waals surface area contributed by atoms with Gasteiger partial charge < -0.3 is 15.0 Å². The third-order valence-electron chi connectivity index (χ3n) is 6.37. The van der Waals surface area contributed by atoms with Gasteiger partial charge in [-0.25, -0.2) is 4.79 Å². The molecule has 9 heteroatoms. The Morgan fingerprint density at radius 3 is 2.76 bits per heavy atom. The highest BCUT2D eigenvalue weighted by atomic mass is 32.2. The zero-order valence-corrected chi connectivity index (χ0v) is 19.8. The summed E-state index contributed by atoms with van der Waals surface area (Å²) in [5.41, 5.74) is 1.98. The van der Waals surface area contributed by atoms with Crippen LogP contribution in [0.1, 0.15) is 75.1 Å². The van der Waals surface area contributed by atoms with E-state index >= 15 is 0 Å². The number of rotatable bonds is 6. The smallest absolute Gasteiger partial charge is 0.338 e. The van der Waals surface area contributed by atoms with E-state index in [2.05, 4.69) is 15.8 Å². The van der Waals surface area contributed by atoms with E-state index in [1.807, 2.05) is 4.90 Å². The van der Waals surface area contributed by atoms with Crippen LogP contribution in [-0.4, -0.2) is 45.3 Å². The topological polar surface area (TPSA) is 105 Å². The van der Waals surface area contributed by atoms with Crippen molar-refractivity contribution in [3.8, 4) is 0 Å². The first kappa shape index (κ1) is 23.5. The van der Waals surface area contributed by atoms with Crippen LogP contribution in [-0.2, 0) is 19.6 Å². The quantitative estimate of drug-likeness (QED) is 0.499. The van der Waals surface area contributed by atoms with Crippen LogP contribution in [0, 0.1) is 0 Å². The molecule has 1 aromatic rings. The van der Waals surface area contributed by atoms with Crippen molar-refractivity contribution >= 4 is 33.4 Å². The van der Waals surface area contributed by atoms with Crippen LogP contribution in [0.3, 0.4) is 0 Å². The van der Waals surface area contributed by atoms with E-state index in [0.717, 1.165) is 38.5 Å². The molecule has 0 bridgehead atoms. The average molecular weight is 474 g/mol. The molecule has 4 rings (SSSR count). The van der Waals surface area contributed by atoms with Gasteiger partial charge in [-0.2, -0.15) is 8.42 Å². The predicted molar refractivity (Wildman–Crippen MR) is 126 cm³/mol. The minimum atomic E-state index is -3.90. The number of anilines is 1. The van der Waals surface area contributed by atoms with Crippen molar-refractivity contribution in [1.82, 2.24) is 5.32 Å². The molecular formula is C24H31N3O5S. The Hall–Kier alpha value is -2.68. The Kier molecular flexibility index (Phi) is 7.17. The van der Waals surface area contributed by atoms with Crippen LogP contribution in [0.5, 0.6) is 0 Å². The number of carbonyl (C=O) groups is 2. The van der Waals surface area contributed by atoms with Crippen LogP contribution in [0.2, 0.25) is 0 Å². The molecule has 2 heterocycles. The lowest BCUT2D eigenvalue weighted by molar-refractivity contribution is -0.129. The number of fused-ring (bicyclic) bond motifs is 3. The van der Waals surface area contributed by atoms with Gasteiger partial charge in [0.25, 0.3) is 15.9 Å². The predicted octanol–water partition coefficient (Wildman–Crippen LogP) is 3.72. The lowest BCUT2D eigenvalue weighted by Crippen LogP contribution is -2.37. The maximum atomic E-state index is 12.8. The SMILES string of the molecule is CC(OC(=O)c1ccc2c(c1)S(=O)(=O)N=C1CCCCCN12)C(=O)NCCC1=CCCCC1. The molecule has 1 amide bonds. The zero-order chi connectivity index (χ0) is 23.4. The number of allylic oxidation sites excluding steroid dienone is 1. The number of benzene rings is 1. The van der Waals surface area contributed by atoms with Crippen molar-refractivity contribution in [3.63, 3.8) is 0 Å². The van der Waals surface area contributed by atoms with Gasteiger partial charge in [-0.1, -0.05) is 18.1 Å². The van der Waals surface area contributed by atoms with Crippen LogP contribution in [0.25, 0.3) is 0 Å². The summed E-state index contributed by atoms with van der Waals surface area (Å²) in [6.07, 6.45) is 10.1. The standard InChI is InChI=1S/C24H31N3O5S/c1-17(23(28)25-14-13-18-8-4-2-5-9-18)32-24(29)19-11-12-20-21(16-19)33(30,31)26-22-10-6-3-7-15-27(20)22/h8,11-12,16-17H,2-7,9-10,13-15H2,1H3,(H,25,28). The summed E-state index contributed by atoms with van der Waals surface area (Å²) in [6, 6.07) is 4.48. The van der Waals surface area contributed by atoms with Crippen LogP contribution in [0.4, 0.5) is 5.69 Å². The molecule has 33 heavy (non-hydrogen) atoms. The Bertz CT molecular complexity index is 1090. The molecule has 1 aromatic carbocycles. The van der Waals surface area contributed by atoms with Crippen LogP contribution >= 0.6 is 0 Å². The number of hydrogen-bond donors (Lipinski definition) is 1. The van der Waals surface area contributed by atoms with Gasteiger partial charge in [-0.05, 0) is 70.1 Å². The maximum Gasteiger partial charge on any atom is 0.338 e. The van der Waals surface area contributed by atoms with Crippen molar-refractivity contribution in [2.45, 2.75) is 75.7 Å². The molecule has 1 unspecified atom stereocenters. The van der Waals surface area contributed by atoms with E-state index in [1.165, 1.54) is 31.4 Å². The van der Waals surface area contributed by atoms with Crippen LogP contribution in [0.15, 0.2) is 39.1 Å². The molecule has 1 saturated heterocycles. The van der Waals surface area contributed by atoms with Crippen molar-refractivity contribution in [1.29, 1.82) is 0 Å². The first-order chi connectivity index (χ1) is 15.8. The summed E-state index contributed by atoms with van der Waals surface area (Å²) in [4.78, 5) is 26.9. The number of amidine groups is 1. The second-order valence-electron chi connectivity index (χ2n) is 8.82. The number of sulfonamides is 1. The lowest BCUT2D eigenvalue weighted by atomic mass is 9.97. The molecule has 2 aliphatic heterocycles. The molecular weight excluding hydrogens is 442 g/mol. The molecule has 0 saturated carbocycles. The fourth-order valence-corrected chi connectivity index (χ4v) is 5.79. The normalized spacial score (nSPS) is 20.3. The Labute approximate surface area is 195 Å². The van der Waals surface area contributed by atoms with E-state index in [9.17, 15) is 18.0 Å². The Morgan fingerprint density at radius 1 is 1.15 bits per heavy atom. The van der Waals surface area contributed by atoms with E-state index in [4.69, 9.17) is 4.74 Å². The summed E-state index contributed by atoms with van der Waals surface area (Å²) in [5.74, 6) is -0.551. The van der Waals surface area contributed by atoms with E-state index in [0.29, 0.717) is 31.0 Å². The number of esters is 1. The fraction of sp³-hybridized carbons (Fsp3) is 0.542. The molecule has 1 aliphatic carbocycles. The van der Waals surface area contributed by atoms with Gasteiger partial charge in [0, 0.05) is 19.5 Å². The summed E-state index contributed by atoms with van der Waals surface area (Å²) in [6.45, 7) is 2.70. The van der Waals surface area contributed by atoms with Crippen LogP contribution < -0.4 is 10.2 Å². The number of ether oxygens (including phenoxy) is 1. The minimum Gasteiger partial charge on any atom is -0.449 e. The van der Waals surface area contributed by atoms with Gasteiger partial charge in [0.15, 0.2) is 6.10 Å². The number of carbonyl (C=O) groups excluding carboxylic acids is 2. The third kappa shape index (κ3) is 5.46. The highest BCUT2D eigenvalue weighted by Gasteiger charge is 2.32. The molecule has 8 nitrogen and oxygen atoms in total. The first-order valence-electron chi connectivity index (χ1n) is 11.8. The largest absolute Gasteiger partial charge is 0.449 e.